The van der Waals surface area contributed by atoms with E-state index in [-0.39, 0.29) is 5.78 Å². The first-order valence-electron chi connectivity index (χ1n) is 8.66. The molecule has 0 fully saturated rings. The standard InChI is InChI=1S/C23H24O3Si/c1-17-15-20(19(23(16-17)26-3)13-14-27(4,5)6)21(24)12-11-18-9-7-8-10-22(18)25-2/h7-10,15-16H,1-6H3. The van der Waals surface area contributed by atoms with Gasteiger partial charge in [0.05, 0.1) is 30.9 Å². The van der Waals surface area contributed by atoms with Gasteiger partial charge in [0.2, 0.25) is 5.78 Å². The predicted molar refractivity (Wildman–Crippen MR) is 112 cm³/mol. The fourth-order valence-corrected chi connectivity index (χ4v) is 2.91. The summed E-state index contributed by atoms with van der Waals surface area (Å²) in [5, 5.41) is 0. The van der Waals surface area contributed by atoms with Crippen molar-refractivity contribution in [1.29, 1.82) is 0 Å². The van der Waals surface area contributed by atoms with Gasteiger partial charge >= 0.3 is 0 Å². The number of ether oxygens (including phenoxy) is 2. The summed E-state index contributed by atoms with van der Waals surface area (Å²) in [4.78, 5) is 12.9. The molecule has 0 aliphatic heterocycles. The fraction of sp³-hybridized carbons (Fsp3) is 0.261. The van der Waals surface area contributed by atoms with Crippen molar-refractivity contribution in [3.63, 3.8) is 0 Å². The Morgan fingerprint density at radius 2 is 1.63 bits per heavy atom. The van der Waals surface area contributed by atoms with E-state index in [1.165, 1.54) is 0 Å². The maximum Gasteiger partial charge on any atom is 0.237 e. The molecule has 0 aromatic heterocycles. The van der Waals surface area contributed by atoms with E-state index in [0.717, 1.165) is 5.56 Å². The molecule has 2 aromatic carbocycles. The Hall–Kier alpha value is -2.95. The van der Waals surface area contributed by atoms with Crippen LogP contribution in [0.5, 0.6) is 11.5 Å². The lowest BCUT2D eigenvalue weighted by Gasteiger charge is -2.10. The van der Waals surface area contributed by atoms with Crippen molar-refractivity contribution in [2.24, 2.45) is 0 Å². The van der Waals surface area contributed by atoms with Crippen molar-refractivity contribution < 1.29 is 14.3 Å². The van der Waals surface area contributed by atoms with E-state index in [0.29, 0.717) is 28.2 Å². The van der Waals surface area contributed by atoms with Crippen molar-refractivity contribution in [2.45, 2.75) is 26.6 Å². The minimum absolute atomic E-state index is 0.289. The third-order valence-electron chi connectivity index (χ3n) is 3.69. The number of hydrogen-bond donors (Lipinski definition) is 0. The first-order valence-corrected chi connectivity index (χ1v) is 12.2. The second-order valence-electron chi connectivity index (χ2n) is 7.17. The molecule has 0 aliphatic carbocycles. The molecular weight excluding hydrogens is 352 g/mol. The van der Waals surface area contributed by atoms with E-state index >= 15 is 0 Å². The summed E-state index contributed by atoms with van der Waals surface area (Å²) in [6.07, 6.45) is 0. The van der Waals surface area contributed by atoms with E-state index < -0.39 is 8.07 Å². The molecule has 0 unspecified atom stereocenters. The van der Waals surface area contributed by atoms with Gasteiger partial charge in [-0.05, 0) is 42.7 Å². The molecule has 4 heteroatoms. The van der Waals surface area contributed by atoms with Gasteiger partial charge in [-0.2, -0.15) is 0 Å². The van der Waals surface area contributed by atoms with Gasteiger partial charge in [0.15, 0.2) is 0 Å². The van der Waals surface area contributed by atoms with Crippen molar-refractivity contribution >= 4 is 13.9 Å². The Bertz CT molecular complexity index is 977. The molecule has 0 atom stereocenters. The van der Waals surface area contributed by atoms with Gasteiger partial charge in [-0.15, -0.1) is 5.54 Å². The second-order valence-corrected chi connectivity index (χ2v) is 11.9. The van der Waals surface area contributed by atoms with E-state index in [2.05, 4.69) is 42.9 Å². The number of carbonyl (C=O) groups excluding carboxylic acids is 1. The first-order chi connectivity index (χ1) is 12.7. The molecule has 0 aliphatic rings. The van der Waals surface area contributed by atoms with Gasteiger partial charge < -0.3 is 9.47 Å². The monoisotopic (exact) mass is 376 g/mol. The average Bonchev–Trinajstić information content (AvgIpc) is 2.63. The van der Waals surface area contributed by atoms with E-state index in [1.54, 1.807) is 14.2 Å². The molecule has 0 heterocycles. The zero-order chi connectivity index (χ0) is 20.0. The highest BCUT2D eigenvalue weighted by Crippen LogP contribution is 2.25. The van der Waals surface area contributed by atoms with Gasteiger partial charge in [-0.1, -0.05) is 43.6 Å². The highest BCUT2D eigenvalue weighted by molar-refractivity contribution is 6.83. The Morgan fingerprint density at radius 3 is 2.26 bits per heavy atom. The lowest BCUT2D eigenvalue weighted by atomic mass is 10.00. The highest BCUT2D eigenvalue weighted by atomic mass is 28.3. The Kier molecular flexibility index (Phi) is 6.50. The van der Waals surface area contributed by atoms with Crippen molar-refractivity contribution in [3.8, 4) is 34.8 Å². The number of benzene rings is 2. The van der Waals surface area contributed by atoms with E-state index in [1.807, 2.05) is 43.3 Å². The van der Waals surface area contributed by atoms with Gasteiger partial charge in [0.25, 0.3) is 0 Å². The zero-order valence-corrected chi connectivity index (χ0v) is 17.7. The molecule has 0 amide bonds. The summed E-state index contributed by atoms with van der Waals surface area (Å²) in [6, 6.07) is 11.1. The molecule has 27 heavy (non-hydrogen) atoms. The number of para-hydroxylation sites is 1. The number of carbonyl (C=O) groups is 1. The Morgan fingerprint density at radius 1 is 0.963 bits per heavy atom. The van der Waals surface area contributed by atoms with Crippen LogP contribution >= 0.6 is 0 Å². The quantitative estimate of drug-likeness (QED) is 0.450. The number of ketones is 1. The predicted octanol–water partition coefficient (Wildman–Crippen LogP) is 4.48. The molecule has 0 saturated heterocycles. The van der Waals surface area contributed by atoms with Gasteiger partial charge in [-0.25, -0.2) is 0 Å². The largest absolute Gasteiger partial charge is 0.495 e. The van der Waals surface area contributed by atoms with E-state index in [4.69, 9.17) is 9.47 Å². The SMILES string of the molecule is COc1ccccc1C#CC(=O)c1cc(C)cc(OC)c1C#C[Si](C)(C)C. The Balaban J connectivity index is 2.54. The first kappa shape index (κ1) is 20.4. The molecule has 0 spiro atoms. The van der Waals surface area contributed by atoms with Crippen LogP contribution in [0.4, 0.5) is 0 Å². The minimum atomic E-state index is -1.61. The molecule has 2 aromatic rings. The molecule has 0 radical (unpaired) electrons. The summed E-state index contributed by atoms with van der Waals surface area (Å²) >= 11 is 0. The topological polar surface area (TPSA) is 35.5 Å². The summed E-state index contributed by atoms with van der Waals surface area (Å²) in [5.74, 6) is 9.76. The zero-order valence-electron chi connectivity index (χ0n) is 16.7. The molecule has 138 valence electrons. The maximum absolute atomic E-state index is 12.9. The molecule has 0 bridgehead atoms. The average molecular weight is 377 g/mol. The second kappa shape index (κ2) is 8.62. The van der Waals surface area contributed by atoms with Gasteiger partial charge in [-0.3, -0.25) is 4.79 Å². The molecular formula is C23H24O3Si. The molecule has 0 saturated carbocycles. The number of methoxy groups -OCH3 is 2. The summed E-state index contributed by atoms with van der Waals surface area (Å²) in [5.41, 5.74) is 5.98. The number of Topliss-reactive ketones (excluding diaryl/α,β-unsaturated/α-hetero) is 1. The minimum Gasteiger partial charge on any atom is -0.495 e. The third kappa shape index (κ3) is 5.51. The molecule has 2 rings (SSSR count). The van der Waals surface area contributed by atoms with Crippen molar-refractivity contribution in [3.05, 3.63) is 58.7 Å². The lowest BCUT2D eigenvalue weighted by Crippen LogP contribution is -2.16. The van der Waals surface area contributed by atoms with Crippen LogP contribution in [0, 0.1) is 30.2 Å². The molecule has 3 nitrogen and oxygen atoms in total. The van der Waals surface area contributed by atoms with Crippen LogP contribution in [-0.2, 0) is 0 Å². The van der Waals surface area contributed by atoms with Crippen LogP contribution in [0.15, 0.2) is 36.4 Å². The van der Waals surface area contributed by atoms with Crippen LogP contribution in [0.2, 0.25) is 19.6 Å². The number of aryl methyl sites for hydroxylation is 1. The van der Waals surface area contributed by atoms with Crippen molar-refractivity contribution in [1.82, 2.24) is 0 Å². The number of rotatable bonds is 3. The third-order valence-corrected chi connectivity index (χ3v) is 4.57. The van der Waals surface area contributed by atoms with Crippen LogP contribution in [0.3, 0.4) is 0 Å². The highest BCUT2D eigenvalue weighted by Gasteiger charge is 2.16. The number of hydrogen-bond acceptors (Lipinski definition) is 3. The summed E-state index contributed by atoms with van der Waals surface area (Å²) < 4.78 is 10.8. The van der Waals surface area contributed by atoms with Gasteiger partial charge in [0.1, 0.15) is 19.6 Å². The lowest BCUT2D eigenvalue weighted by molar-refractivity contribution is 0.105. The van der Waals surface area contributed by atoms with Crippen molar-refractivity contribution in [2.75, 3.05) is 14.2 Å². The van der Waals surface area contributed by atoms with Crippen LogP contribution < -0.4 is 9.47 Å². The van der Waals surface area contributed by atoms with Crippen LogP contribution in [-0.4, -0.2) is 28.1 Å². The van der Waals surface area contributed by atoms with Crippen LogP contribution in [0.1, 0.15) is 27.0 Å². The van der Waals surface area contributed by atoms with Gasteiger partial charge in [0, 0.05) is 0 Å². The Labute approximate surface area is 162 Å². The summed E-state index contributed by atoms with van der Waals surface area (Å²) in [6.45, 7) is 8.39. The maximum atomic E-state index is 12.9. The fourth-order valence-electron chi connectivity index (χ4n) is 2.41. The normalized spacial score (nSPS) is 10.1. The smallest absolute Gasteiger partial charge is 0.237 e. The molecule has 0 N–H and O–H groups in total. The summed E-state index contributed by atoms with van der Waals surface area (Å²) in [7, 11) is 1.56. The van der Waals surface area contributed by atoms with E-state index in [9.17, 15) is 4.79 Å². The van der Waals surface area contributed by atoms with Crippen LogP contribution in [0.25, 0.3) is 0 Å².